The van der Waals surface area contributed by atoms with Gasteiger partial charge in [-0.3, -0.25) is 0 Å². The quantitative estimate of drug-likeness (QED) is 0.850. The second-order valence-corrected chi connectivity index (χ2v) is 4.38. The van der Waals surface area contributed by atoms with E-state index in [9.17, 15) is 9.50 Å². The van der Waals surface area contributed by atoms with Crippen molar-refractivity contribution in [2.45, 2.75) is 13.0 Å². The van der Waals surface area contributed by atoms with Crippen LogP contribution in [0, 0.1) is 17.7 Å². The highest BCUT2D eigenvalue weighted by Gasteiger charge is 2.05. The van der Waals surface area contributed by atoms with Crippen LogP contribution in [0.25, 0.3) is 0 Å². The van der Waals surface area contributed by atoms with Crippen LogP contribution in [0.15, 0.2) is 42.5 Å². The molecule has 0 heterocycles. The number of rotatable bonds is 4. The summed E-state index contributed by atoms with van der Waals surface area (Å²) in [6.45, 7) is 0.147. The largest absolute Gasteiger partial charge is 0.508 e. The first-order valence-corrected chi connectivity index (χ1v) is 6.49. The van der Waals surface area contributed by atoms with Gasteiger partial charge in [0.25, 0.3) is 0 Å². The maximum absolute atomic E-state index is 13.7. The van der Waals surface area contributed by atoms with Crippen molar-refractivity contribution in [3.8, 4) is 23.3 Å². The summed E-state index contributed by atoms with van der Waals surface area (Å²) in [5.41, 5.74) is 1.36. The first kappa shape index (κ1) is 14.9. The summed E-state index contributed by atoms with van der Waals surface area (Å²) in [5, 5.41) is 18.0. The lowest BCUT2D eigenvalue weighted by molar-refractivity contribution is 0.289. The number of aliphatic hydroxyl groups excluding tert-OH is 1. The Morgan fingerprint density at radius 3 is 2.76 bits per heavy atom. The Bertz CT molecular complexity index is 671. The van der Waals surface area contributed by atoms with E-state index in [0.717, 1.165) is 5.56 Å². The van der Waals surface area contributed by atoms with E-state index in [1.807, 2.05) is 0 Å². The Morgan fingerprint density at radius 1 is 1.14 bits per heavy atom. The Kier molecular flexibility index (Phi) is 5.19. The van der Waals surface area contributed by atoms with Crippen molar-refractivity contribution in [1.29, 1.82) is 0 Å². The second-order valence-electron chi connectivity index (χ2n) is 4.38. The molecule has 0 aliphatic heterocycles. The lowest BCUT2D eigenvalue weighted by Crippen LogP contribution is -1.97. The molecule has 0 amide bonds. The molecule has 0 aliphatic rings. The summed E-state index contributed by atoms with van der Waals surface area (Å²) >= 11 is 0. The smallest absolute Gasteiger partial charge is 0.165 e. The van der Waals surface area contributed by atoms with Crippen molar-refractivity contribution in [2.24, 2.45) is 0 Å². The topological polar surface area (TPSA) is 49.7 Å². The third kappa shape index (κ3) is 4.51. The van der Waals surface area contributed by atoms with Crippen LogP contribution < -0.4 is 4.74 Å². The van der Waals surface area contributed by atoms with Crippen LogP contribution in [0.1, 0.15) is 17.5 Å². The summed E-state index contributed by atoms with van der Waals surface area (Å²) < 4.78 is 19.1. The Balaban J connectivity index is 2.09. The van der Waals surface area contributed by atoms with Crippen molar-refractivity contribution >= 4 is 0 Å². The van der Waals surface area contributed by atoms with Gasteiger partial charge in [-0.25, -0.2) is 4.39 Å². The van der Waals surface area contributed by atoms with Crippen molar-refractivity contribution < 1.29 is 19.3 Å². The zero-order chi connectivity index (χ0) is 15.1. The molecule has 0 saturated carbocycles. The van der Waals surface area contributed by atoms with E-state index in [0.29, 0.717) is 12.0 Å². The van der Waals surface area contributed by atoms with Gasteiger partial charge in [-0.1, -0.05) is 24.0 Å². The van der Waals surface area contributed by atoms with Gasteiger partial charge < -0.3 is 14.9 Å². The molecule has 21 heavy (non-hydrogen) atoms. The number of hydrogen-bond donors (Lipinski definition) is 2. The van der Waals surface area contributed by atoms with E-state index in [-0.39, 0.29) is 24.7 Å². The number of halogens is 1. The Morgan fingerprint density at radius 2 is 2.00 bits per heavy atom. The molecule has 0 atom stereocenters. The van der Waals surface area contributed by atoms with E-state index < -0.39 is 5.82 Å². The zero-order valence-corrected chi connectivity index (χ0v) is 11.3. The molecule has 0 aromatic heterocycles. The van der Waals surface area contributed by atoms with Crippen molar-refractivity contribution in [1.82, 2.24) is 0 Å². The van der Waals surface area contributed by atoms with Gasteiger partial charge in [-0.05, 0) is 35.9 Å². The van der Waals surface area contributed by atoms with Gasteiger partial charge in [0.15, 0.2) is 11.6 Å². The van der Waals surface area contributed by atoms with Gasteiger partial charge in [-0.15, -0.1) is 0 Å². The van der Waals surface area contributed by atoms with Crippen molar-refractivity contribution in [2.75, 3.05) is 6.61 Å². The number of phenolic OH excluding ortho intramolecular Hbond substituents is 1. The molecular weight excluding hydrogens is 271 g/mol. The number of benzene rings is 2. The molecule has 2 N–H and O–H groups in total. The van der Waals surface area contributed by atoms with Gasteiger partial charge in [0.1, 0.15) is 12.4 Å². The normalized spacial score (nSPS) is 9.81. The van der Waals surface area contributed by atoms with Gasteiger partial charge in [0.05, 0.1) is 6.61 Å². The lowest BCUT2D eigenvalue weighted by Gasteiger charge is -2.08. The SMILES string of the molecule is OCCC#Cc1ccc(F)c(OCc2cccc(O)c2)c1. The molecule has 3 nitrogen and oxygen atoms in total. The molecule has 0 unspecified atom stereocenters. The predicted octanol–water partition coefficient (Wildman–Crippen LogP) is 2.84. The average molecular weight is 286 g/mol. The van der Waals surface area contributed by atoms with E-state index in [1.54, 1.807) is 30.3 Å². The maximum Gasteiger partial charge on any atom is 0.165 e. The van der Waals surface area contributed by atoms with Crippen LogP contribution in [0.2, 0.25) is 0 Å². The molecular formula is C17H15FO3. The lowest BCUT2D eigenvalue weighted by atomic mass is 10.2. The number of phenols is 1. The Labute approximate surface area is 122 Å². The van der Waals surface area contributed by atoms with Gasteiger partial charge in [0, 0.05) is 12.0 Å². The monoisotopic (exact) mass is 286 g/mol. The van der Waals surface area contributed by atoms with E-state index in [4.69, 9.17) is 9.84 Å². The zero-order valence-electron chi connectivity index (χ0n) is 11.3. The third-order valence-corrected chi connectivity index (χ3v) is 2.71. The van der Waals surface area contributed by atoms with Gasteiger partial charge in [-0.2, -0.15) is 0 Å². The summed E-state index contributed by atoms with van der Waals surface area (Å²) in [7, 11) is 0. The number of aromatic hydroxyl groups is 1. The van der Waals surface area contributed by atoms with Crippen LogP contribution in [0.4, 0.5) is 4.39 Å². The Hall–Kier alpha value is -2.51. The molecule has 0 fully saturated rings. The van der Waals surface area contributed by atoms with Crippen LogP contribution in [0.3, 0.4) is 0 Å². The highest BCUT2D eigenvalue weighted by atomic mass is 19.1. The first-order valence-electron chi connectivity index (χ1n) is 6.49. The van der Waals surface area contributed by atoms with E-state index in [1.165, 1.54) is 12.1 Å². The molecule has 0 spiro atoms. The summed E-state index contributed by atoms with van der Waals surface area (Å²) in [6, 6.07) is 11.0. The molecule has 0 radical (unpaired) electrons. The minimum atomic E-state index is -0.470. The predicted molar refractivity (Wildman–Crippen MR) is 77.4 cm³/mol. The molecule has 108 valence electrons. The van der Waals surface area contributed by atoms with Crippen LogP contribution in [0.5, 0.6) is 11.5 Å². The molecule has 2 aromatic rings. The summed E-state index contributed by atoms with van der Waals surface area (Å²) in [6.07, 6.45) is 0.372. The minimum absolute atomic E-state index is 0.00491. The number of hydrogen-bond acceptors (Lipinski definition) is 3. The van der Waals surface area contributed by atoms with Crippen LogP contribution >= 0.6 is 0 Å². The fourth-order valence-corrected chi connectivity index (χ4v) is 1.72. The minimum Gasteiger partial charge on any atom is -0.508 e. The molecule has 0 saturated heterocycles. The van der Waals surface area contributed by atoms with Crippen LogP contribution in [-0.2, 0) is 6.61 Å². The van der Waals surface area contributed by atoms with E-state index in [2.05, 4.69) is 11.8 Å². The summed E-state index contributed by atoms with van der Waals surface area (Å²) in [4.78, 5) is 0. The van der Waals surface area contributed by atoms with E-state index >= 15 is 0 Å². The molecule has 2 rings (SSSR count). The highest BCUT2D eigenvalue weighted by molar-refractivity contribution is 5.40. The number of aliphatic hydroxyl groups is 1. The van der Waals surface area contributed by atoms with Crippen molar-refractivity contribution in [3.05, 3.63) is 59.4 Å². The number of ether oxygens (including phenoxy) is 1. The molecule has 0 aliphatic carbocycles. The first-order chi connectivity index (χ1) is 10.2. The van der Waals surface area contributed by atoms with Gasteiger partial charge in [0.2, 0.25) is 0 Å². The highest BCUT2D eigenvalue weighted by Crippen LogP contribution is 2.20. The fourth-order valence-electron chi connectivity index (χ4n) is 1.72. The van der Waals surface area contributed by atoms with Gasteiger partial charge >= 0.3 is 0 Å². The van der Waals surface area contributed by atoms with Crippen LogP contribution in [-0.4, -0.2) is 16.8 Å². The van der Waals surface area contributed by atoms with Crippen molar-refractivity contribution in [3.63, 3.8) is 0 Å². The fraction of sp³-hybridized carbons (Fsp3) is 0.176. The average Bonchev–Trinajstić information content (AvgIpc) is 2.48. The molecule has 0 bridgehead atoms. The second kappa shape index (κ2) is 7.32. The summed E-state index contributed by atoms with van der Waals surface area (Å²) in [5.74, 6) is 5.37. The molecule has 2 aromatic carbocycles. The standard InChI is InChI=1S/C17H15FO3/c18-16-8-7-13(4-1-2-9-19)11-17(16)21-12-14-5-3-6-15(20)10-14/h3,5-8,10-11,19-20H,2,9,12H2. The maximum atomic E-state index is 13.7. The third-order valence-electron chi connectivity index (χ3n) is 2.71. The molecule has 4 heteroatoms.